The number of aromatic nitrogens is 1. The van der Waals surface area contributed by atoms with E-state index in [2.05, 4.69) is 10.3 Å². The second kappa shape index (κ2) is 9.40. The van der Waals surface area contributed by atoms with E-state index in [1.807, 2.05) is 38.1 Å². The van der Waals surface area contributed by atoms with E-state index in [0.29, 0.717) is 29.8 Å². The highest BCUT2D eigenvalue weighted by atomic mass is 35.5. The van der Waals surface area contributed by atoms with Crippen LogP contribution in [0.25, 0.3) is 0 Å². The van der Waals surface area contributed by atoms with Crippen LogP contribution in [-0.2, 0) is 17.9 Å². The summed E-state index contributed by atoms with van der Waals surface area (Å²) in [6, 6.07) is 8.48. The Morgan fingerprint density at radius 3 is 2.54 bits per heavy atom. The molecular weight excluding hydrogens is 356 g/mol. The van der Waals surface area contributed by atoms with Crippen LogP contribution in [0.2, 0.25) is 5.15 Å². The third-order valence-electron chi connectivity index (χ3n) is 3.87. The number of nitrogens with zero attached hydrogens (tertiary/aromatic N) is 1. The number of halogens is 1. The Balaban J connectivity index is 2.02. The van der Waals surface area contributed by atoms with Gasteiger partial charge in [-0.1, -0.05) is 37.6 Å². The average molecular weight is 379 g/mol. The van der Waals surface area contributed by atoms with Crippen LogP contribution >= 0.6 is 11.6 Å². The highest BCUT2D eigenvalue weighted by Gasteiger charge is 2.20. The summed E-state index contributed by atoms with van der Waals surface area (Å²) in [4.78, 5) is 15.3. The predicted octanol–water partition coefficient (Wildman–Crippen LogP) is 3.52. The molecule has 0 radical (unpaired) electrons. The van der Waals surface area contributed by atoms with Gasteiger partial charge >= 0.3 is 5.97 Å². The molecule has 0 saturated heterocycles. The van der Waals surface area contributed by atoms with Crippen molar-refractivity contribution >= 4 is 17.6 Å². The van der Waals surface area contributed by atoms with Gasteiger partial charge in [-0.25, -0.2) is 4.98 Å². The molecule has 1 atom stereocenters. The third kappa shape index (κ3) is 5.61. The van der Waals surface area contributed by atoms with Gasteiger partial charge in [0.05, 0.1) is 7.11 Å². The maximum atomic E-state index is 11.3. The molecule has 1 heterocycles. The van der Waals surface area contributed by atoms with Crippen molar-refractivity contribution in [2.45, 2.75) is 33.0 Å². The number of carboxylic acid groups (broad SMARTS) is 1. The molecule has 2 aromatic rings. The molecule has 0 bridgehead atoms. The van der Waals surface area contributed by atoms with E-state index in [1.54, 1.807) is 19.4 Å². The van der Waals surface area contributed by atoms with Gasteiger partial charge < -0.3 is 19.9 Å². The van der Waals surface area contributed by atoms with Gasteiger partial charge in [0.2, 0.25) is 0 Å². The van der Waals surface area contributed by atoms with Gasteiger partial charge in [-0.3, -0.25) is 4.79 Å². The fourth-order valence-electron chi connectivity index (χ4n) is 2.43. The minimum absolute atomic E-state index is 0.00927. The number of rotatable bonds is 9. The largest absolute Gasteiger partial charge is 0.493 e. The van der Waals surface area contributed by atoms with Crippen LogP contribution < -0.4 is 14.8 Å². The zero-order valence-electron chi connectivity index (χ0n) is 15.0. The number of pyridine rings is 1. The van der Waals surface area contributed by atoms with Gasteiger partial charge in [0.25, 0.3) is 0 Å². The summed E-state index contributed by atoms with van der Waals surface area (Å²) in [6.45, 7) is 4.50. The van der Waals surface area contributed by atoms with Crippen molar-refractivity contribution in [2.24, 2.45) is 5.92 Å². The summed E-state index contributed by atoms with van der Waals surface area (Å²) < 4.78 is 11.2. The Hall–Kier alpha value is -2.31. The van der Waals surface area contributed by atoms with E-state index in [1.165, 1.54) is 0 Å². The average Bonchev–Trinajstić information content (AvgIpc) is 2.61. The fourth-order valence-corrected chi connectivity index (χ4v) is 2.54. The van der Waals surface area contributed by atoms with Gasteiger partial charge in [0.1, 0.15) is 17.8 Å². The monoisotopic (exact) mass is 378 g/mol. The molecule has 7 heteroatoms. The summed E-state index contributed by atoms with van der Waals surface area (Å²) in [5.41, 5.74) is 1.80. The lowest BCUT2D eigenvalue weighted by Gasteiger charge is -2.18. The molecule has 1 unspecified atom stereocenters. The van der Waals surface area contributed by atoms with E-state index in [0.717, 1.165) is 11.1 Å². The quantitative estimate of drug-likeness (QED) is 0.650. The van der Waals surface area contributed by atoms with Crippen LogP contribution in [0.4, 0.5) is 0 Å². The molecule has 0 amide bonds. The summed E-state index contributed by atoms with van der Waals surface area (Å²) in [5, 5.41) is 12.7. The summed E-state index contributed by atoms with van der Waals surface area (Å²) in [7, 11) is 1.57. The van der Waals surface area contributed by atoms with E-state index in [-0.39, 0.29) is 5.92 Å². The number of carbonyl (C=O) groups is 1. The van der Waals surface area contributed by atoms with Crippen LogP contribution in [-0.4, -0.2) is 29.2 Å². The summed E-state index contributed by atoms with van der Waals surface area (Å²) in [5.74, 6) is 0.320. The molecule has 0 saturated carbocycles. The molecular formula is C19H23ClN2O4. The zero-order chi connectivity index (χ0) is 19.1. The molecule has 2 N–H and O–H groups in total. The first-order chi connectivity index (χ1) is 12.4. The lowest BCUT2D eigenvalue weighted by atomic mass is 10.0. The first-order valence-electron chi connectivity index (χ1n) is 8.27. The van der Waals surface area contributed by atoms with Crippen LogP contribution in [0.3, 0.4) is 0 Å². The van der Waals surface area contributed by atoms with Crippen molar-refractivity contribution in [3.8, 4) is 11.5 Å². The van der Waals surface area contributed by atoms with E-state index >= 15 is 0 Å². The summed E-state index contributed by atoms with van der Waals surface area (Å²) in [6.07, 6.45) is 1.66. The van der Waals surface area contributed by atoms with Crippen molar-refractivity contribution in [1.29, 1.82) is 0 Å². The van der Waals surface area contributed by atoms with E-state index in [4.69, 9.17) is 21.1 Å². The lowest BCUT2D eigenvalue weighted by Crippen LogP contribution is -2.40. The van der Waals surface area contributed by atoms with Crippen LogP contribution in [0.5, 0.6) is 11.5 Å². The topological polar surface area (TPSA) is 80.7 Å². The Labute approximate surface area is 158 Å². The van der Waals surface area contributed by atoms with Crippen molar-refractivity contribution in [3.63, 3.8) is 0 Å². The molecule has 0 aliphatic heterocycles. The number of nitrogens with one attached hydrogen (secondary N) is 1. The van der Waals surface area contributed by atoms with Crippen molar-refractivity contribution in [2.75, 3.05) is 7.11 Å². The maximum Gasteiger partial charge on any atom is 0.320 e. The van der Waals surface area contributed by atoms with Gasteiger partial charge in [0, 0.05) is 18.3 Å². The fraction of sp³-hybridized carbons (Fsp3) is 0.368. The van der Waals surface area contributed by atoms with Gasteiger partial charge in [-0.2, -0.15) is 0 Å². The van der Waals surface area contributed by atoms with Gasteiger partial charge in [-0.05, 0) is 29.7 Å². The van der Waals surface area contributed by atoms with Crippen LogP contribution in [0, 0.1) is 5.92 Å². The van der Waals surface area contributed by atoms with Crippen molar-refractivity contribution in [3.05, 3.63) is 52.8 Å². The maximum absolute atomic E-state index is 11.3. The first-order valence-corrected chi connectivity index (χ1v) is 8.65. The molecule has 1 aromatic heterocycles. The predicted molar refractivity (Wildman–Crippen MR) is 99.7 cm³/mol. The normalized spacial score (nSPS) is 12.0. The first kappa shape index (κ1) is 20.0. The number of carboxylic acids is 1. The molecule has 6 nitrogen and oxygen atoms in total. The van der Waals surface area contributed by atoms with E-state index in [9.17, 15) is 9.90 Å². The second-order valence-electron chi connectivity index (χ2n) is 6.20. The highest BCUT2D eigenvalue weighted by molar-refractivity contribution is 6.29. The second-order valence-corrected chi connectivity index (χ2v) is 6.59. The van der Waals surface area contributed by atoms with E-state index < -0.39 is 12.0 Å². The van der Waals surface area contributed by atoms with Crippen molar-refractivity contribution in [1.82, 2.24) is 10.3 Å². The molecule has 1 aromatic carbocycles. The molecule has 0 aliphatic rings. The highest BCUT2D eigenvalue weighted by Crippen LogP contribution is 2.29. The molecule has 2 rings (SSSR count). The SMILES string of the molecule is COc1cc(CNC(C(=O)O)C(C)C)ccc1OCc1ccc(Cl)nc1. The van der Waals surface area contributed by atoms with Gasteiger partial charge in [-0.15, -0.1) is 0 Å². The number of hydrogen-bond acceptors (Lipinski definition) is 5. The number of aliphatic carboxylic acids is 1. The minimum Gasteiger partial charge on any atom is -0.493 e. The molecule has 26 heavy (non-hydrogen) atoms. The Morgan fingerprint density at radius 1 is 1.23 bits per heavy atom. The number of hydrogen-bond donors (Lipinski definition) is 2. The number of methoxy groups -OCH3 is 1. The number of benzene rings is 1. The van der Waals surface area contributed by atoms with Crippen LogP contribution in [0.15, 0.2) is 36.5 Å². The number of ether oxygens (including phenoxy) is 2. The molecule has 0 aliphatic carbocycles. The standard InChI is InChI=1S/C19H23ClN2O4/c1-12(2)18(19(23)24)22-9-13-4-6-15(16(8-13)25-3)26-11-14-5-7-17(20)21-10-14/h4-8,10,12,18,22H,9,11H2,1-3H3,(H,23,24). The molecule has 140 valence electrons. The zero-order valence-corrected chi connectivity index (χ0v) is 15.8. The van der Waals surface area contributed by atoms with Crippen molar-refractivity contribution < 1.29 is 19.4 Å². The van der Waals surface area contributed by atoms with Crippen LogP contribution in [0.1, 0.15) is 25.0 Å². The Kier molecular flexibility index (Phi) is 7.24. The third-order valence-corrected chi connectivity index (χ3v) is 4.09. The lowest BCUT2D eigenvalue weighted by molar-refractivity contribution is -0.140. The Bertz CT molecular complexity index is 735. The summed E-state index contributed by atoms with van der Waals surface area (Å²) >= 11 is 5.77. The minimum atomic E-state index is -0.858. The Morgan fingerprint density at radius 2 is 1.96 bits per heavy atom. The smallest absolute Gasteiger partial charge is 0.320 e. The van der Waals surface area contributed by atoms with Gasteiger partial charge in [0.15, 0.2) is 11.5 Å². The molecule has 0 spiro atoms. The molecule has 0 fully saturated rings.